The summed E-state index contributed by atoms with van der Waals surface area (Å²) in [5.41, 5.74) is 0.625. The zero-order valence-electron chi connectivity index (χ0n) is 9.11. The van der Waals surface area contributed by atoms with E-state index in [4.69, 9.17) is 21.1 Å². The first kappa shape index (κ1) is 14.0. The Balaban J connectivity index is 2.15. The Labute approximate surface area is 130 Å². The Kier molecular flexibility index (Phi) is 4.83. The molecule has 0 radical (unpaired) electrons. The number of hydrogen-bond acceptors (Lipinski definition) is 5. The van der Waals surface area contributed by atoms with E-state index in [-0.39, 0.29) is 6.61 Å². The number of methoxy groups -OCH3 is 1. The molecule has 0 saturated heterocycles. The van der Waals surface area contributed by atoms with Crippen molar-refractivity contribution < 1.29 is 9.47 Å². The molecule has 0 unspecified atom stereocenters. The molecule has 2 aromatic rings. The summed E-state index contributed by atoms with van der Waals surface area (Å²) in [7, 11) is 1.60. The number of aromatic nitrogens is 2. The zero-order valence-corrected chi connectivity index (χ0v) is 13.9. The van der Waals surface area contributed by atoms with Crippen LogP contribution in [0.1, 0.15) is 5.69 Å². The van der Waals surface area contributed by atoms with Crippen LogP contribution in [-0.4, -0.2) is 16.7 Å². The van der Waals surface area contributed by atoms with E-state index in [1.54, 1.807) is 7.11 Å². The first-order valence-corrected chi connectivity index (χ1v) is 7.48. The van der Waals surface area contributed by atoms with Crippen LogP contribution in [0.4, 0.5) is 0 Å². The molecule has 0 N–H and O–H groups in total. The van der Waals surface area contributed by atoms with Crippen LogP contribution in [0, 0.1) is 0 Å². The Morgan fingerprint density at radius 2 is 1.94 bits per heavy atom. The maximum absolute atomic E-state index is 5.90. The fraction of sp³-hybridized carbons (Fsp3) is 0.200. The molecule has 0 spiro atoms. The average Bonchev–Trinajstić information content (AvgIpc) is 2.75. The highest BCUT2D eigenvalue weighted by Crippen LogP contribution is 2.36. The summed E-state index contributed by atoms with van der Waals surface area (Å²) in [5.74, 6) is 1.40. The van der Waals surface area contributed by atoms with Gasteiger partial charge >= 0.3 is 0 Å². The van der Waals surface area contributed by atoms with Crippen LogP contribution in [0.15, 0.2) is 21.1 Å². The van der Waals surface area contributed by atoms with E-state index < -0.39 is 0 Å². The Bertz CT molecular complexity index is 565. The number of rotatable bonds is 4. The SMILES string of the molecule is COc1cc(Br)c(OCc2nnsc2Cl)cc1Br. The molecule has 1 heterocycles. The van der Waals surface area contributed by atoms with Crippen molar-refractivity contribution >= 4 is 55.0 Å². The van der Waals surface area contributed by atoms with Crippen molar-refractivity contribution in [3.05, 3.63) is 31.1 Å². The van der Waals surface area contributed by atoms with Gasteiger partial charge in [-0.25, -0.2) is 0 Å². The predicted molar refractivity (Wildman–Crippen MR) is 77.6 cm³/mol. The van der Waals surface area contributed by atoms with Gasteiger partial charge in [0.15, 0.2) is 0 Å². The van der Waals surface area contributed by atoms with Gasteiger partial charge in [-0.1, -0.05) is 16.1 Å². The molecule has 2 rings (SSSR count). The lowest BCUT2D eigenvalue weighted by molar-refractivity contribution is 0.298. The van der Waals surface area contributed by atoms with Crippen LogP contribution in [0.5, 0.6) is 11.5 Å². The van der Waals surface area contributed by atoms with Crippen LogP contribution < -0.4 is 9.47 Å². The standard InChI is InChI=1S/C10H7Br2ClN2O2S/c1-16-8-2-6(12)9(3-5(8)11)17-4-7-10(13)18-15-14-7/h2-3H,4H2,1H3. The first-order valence-electron chi connectivity index (χ1n) is 4.74. The van der Waals surface area contributed by atoms with Crippen LogP contribution in [-0.2, 0) is 6.61 Å². The number of ether oxygens (including phenoxy) is 2. The van der Waals surface area contributed by atoms with Crippen LogP contribution in [0.3, 0.4) is 0 Å². The van der Waals surface area contributed by atoms with Crippen molar-refractivity contribution in [2.24, 2.45) is 0 Å². The van der Waals surface area contributed by atoms with Gasteiger partial charge in [-0.15, -0.1) is 5.10 Å². The van der Waals surface area contributed by atoms with Crippen LogP contribution in [0.2, 0.25) is 4.34 Å². The third-order valence-electron chi connectivity index (χ3n) is 2.08. The second-order valence-electron chi connectivity index (χ2n) is 3.20. The Morgan fingerprint density at radius 1 is 1.28 bits per heavy atom. The van der Waals surface area contributed by atoms with E-state index in [0.717, 1.165) is 26.2 Å². The van der Waals surface area contributed by atoms with E-state index in [1.807, 2.05) is 12.1 Å². The van der Waals surface area contributed by atoms with Crippen molar-refractivity contribution in [3.63, 3.8) is 0 Å². The van der Waals surface area contributed by atoms with Crippen molar-refractivity contribution in [1.82, 2.24) is 9.59 Å². The van der Waals surface area contributed by atoms with Gasteiger partial charge in [0.1, 0.15) is 28.1 Å². The lowest BCUT2D eigenvalue weighted by Crippen LogP contribution is -1.98. The minimum absolute atomic E-state index is 0.271. The summed E-state index contributed by atoms with van der Waals surface area (Å²) in [6, 6.07) is 3.64. The lowest BCUT2D eigenvalue weighted by atomic mass is 10.3. The maximum atomic E-state index is 5.90. The molecule has 0 amide bonds. The second kappa shape index (κ2) is 6.18. The summed E-state index contributed by atoms with van der Waals surface area (Å²) in [6.07, 6.45) is 0. The van der Waals surface area contributed by atoms with Gasteiger partial charge in [0.2, 0.25) is 0 Å². The molecular formula is C10H7Br2ClN2O2S. The smallest absolute Gasteiger partial charge is 0.141 e. The molecule has 0 saturated carbocycles. The number of benzene rings is 1. The maximum Gasteiger partial charge on any atom is 0.141 e. The number of halogens is 3. The molecular weight excluding hydrogens is 407 g/mol. The molecule has 8 heteroatoms. The van der Waals surface area contributed by atoms with E-state index >= 15 is 0 Å². The quantitative estimate of drug-likeness (QED) is 0.748. The molecule has 1 aromatic heterocycles. The fourth-order valence-corrected chi connectivity index (χ4v) is 2.73. The molecule has 0 aliphatic rings. The minimum atomic E-state index is 0.271. The van der Waals surface area contributed by atoms with Crippen molar-refractivity contribution in [1.29, 1.82) is 0 Å². The van der Waals surface area contributed by atoms with Crippen molar-refractivity contribution in [2.75, 3.05) is 7.11 Å². The average molecular weight is 415 g/mol. The third-order valence-corrected chi connectivity index (χ3v) is 4.30. The summed E-state index contributed by atoms with van der Waals surface area (Å²) in [4.78, 5) is 0. The largest absolute Gasteiger partial charge is 0.496 e. The van der Waals surface area contributed by atoms with Gasteiger partial charge in [0.25, 0.3) is 0 Å². The van der Waals surface area contributed by atoms with E-state index in [9.17, 15) is 0 Å². The van der Waals surface area contributed by atoms with Crippen molar-refractivity contribution in [3.8, 4) is 11.5 Å². The summed E-state index contributed by atoms with van der Waals surface area (Å²) in [6.45, 7) is 0.271. The fourth-order valence-electron chi connectivity index (χ4n) is 1.21. The molecule has 18 heavy (non-hydrogen) atoms. The normalized spacial score (nSPS) is 10.4. The highest BCUT2D eigenvalue weighted by molar-refractivity contribution is 9.11. The molecule has 0 atom stereocenters. The molecule has 0 fully saturated rings. The Hall–Kier alpha value is -0.370. The molecule has 96 valence electrons. The number of hydrogen-bond donors (Lipinski definition) is 0. The van der Waals surface area contributed by atoms with E-state index in [0.29, 0.717) is 15.8 Å². The summed E-state index contributed by atoms with van der Waals surface area (Å²) >= 11 is 13.8. The van der Waals surface area contributed by atoms with Crippen molar-refractivity contribution in [2.45, 2.75) is 6.61 Å². The predicted octanol–water partition coefficient (Wildman–Crippen LogP) is 4.30. The van der Waals surface area contributed by atoms with Gasteiger partial charge in [0.05, 0.1) is 16.1 Å². The highest BCUT2D eigenvalue weighted by Gasteiger charge is 2.11. The summed E-state index contributed by atoms with van der Waals surface area (Å²) < 4.78 is 16.7. The highest BCUT2D eigenvalue weighted by atomic mass is 79.9. The topological polar surface area (TPSA) is 44.2 Å². The Morgan fingerprint density at radius 3 is 2.56 bits per heavy atom. The summed E-state index contributed by atoms with van der Waals surface area (Å²) in [5, 5.41) is 3.88. The zero-order chi connectivity index (χ0) is 13.1. The van der Waals surface area contributed by atoms with Gasteiger partial charge < -0.3 is 9.47 Å². The van der Waals surface area contributed by atoms with Crippen LogP contribution in [0.25, 0.3) is 0 Å². The first-order chi connectivity index (χ1) is 8.61. The molecule has 4 nitrogen and oxygen atoms in total. The van der Waals surface area contributed by atoms with Gasteiger partial charge in [-0.3, -0.25) is 0 Å². The second-order valence-corrected chi connectivity index (χ2v) is 6.26. The van der Waals surface area contributed by atoms with Crippen LogP contribution >= 0.6 is 55.0 Å². The van der Waals surface area contributed by atoms with Gasteiger partial charge in [-0.05, 0) is 44.0 Å². The van der Waals surface area contributed by atoms with Gasteiger partial charge in [-0.2, -0.15) is 0 Å². The molecule has 1 aromatic carbocycles. The molecule has 0 bridgehead atoms. The minimum Gasteiger partial charge on any atom is -0.496 e. The van der Waals surface area contributed by atoms with Gasteiger partial charge in [0, 0.05) is 11.5 Å². The van der Waals surface area contributed by atoms with E-state index in [1.165, 1.54) is 0 Å². The molecule has 0 aliphatic carbocycles. The number of nitrogens with zero attached hydrogens (tertiary/aromatic N) is 2. The van der Waals surface area contributed by atoms with E-state index in [2.05, 4.69) is 41.4 Å². The lowest BCUT2D eigenvalue weighted by Gasteiger charge is -2.10. The monoisotopic (exact) mass is 412 g/mol. The molecule has 0 aliphatic heterocycles. The third kappa shape index (κ3) is 3.14.